The molecule has 0 saturated heterocycles. The van der Waals surface area contributed by atoms with E-state index in [1.54, 1.807) is 14.2 Å². The number of benzene rings is 2. The van der Waals surface area contributed by atoms with Gasteiger partial charge < -0.3 is 14.8 Å². The largest absolute Gasteiger partial charge is 0.493 e. The van der Waals surface area contributed by atoms with E-state index in [1.807, 2.05) is 25.1 Å². The lowest BCUT2D eigenvalue weighted by Crippen LogP contribution is -2.28. The van der Waals surface area contributed by atoms with Crippen LogP contribution in [0.25, 0.3) is 0 Å². The molecule has 128 valence electrons. The Morgan fingerprint density at radius 3 is 2.21 bits per heavy atom. The van der Waals surface area contributed by atoms with Crippen LogP contribution in [0.4, 0.5) is 0 Å². The molecule has 24 heavy (non-hydrogen) atoms. The number of hydrogen-bond acceptors (Lipinski definition) is 3. The van der Waals surface area contributed by atoms with Crippen LogP contribution in [0.15, 0.2) is 42.5 Å². The van der Waals surface area contributed by atoms with Crippen LogP contribution in [-0.2, 0) is 17.6 Å². The van der Waals surface area contributed by atoms with Crippen molar-refractivity contribution in [2.45, 2.75) is 32.7 Å². The zero-order valence-corrected chi connectivity index (χ0v) is 14.8. The van der Waals surface area contributed by atoms with Gasteiger partial charge in [0.25, 0.3) is 0 Å². The molecule has 0 spiro atoms. The number of methoxy groups -OCH3 is 2. The fourth-order valence-corrected chi connectivity index (χ4v) is 2.59. The van der Waals surface area contributed by atoms with Crippen molar-refractivity contribution >= 4 is 5.91 Å². The molecule has 4 nitrogen and oxygen atoms in total. The summed E-state index contributed by atoms with van der Waals surface area (Å²) in [7, 11) is 3.18. The van der Waals surface area contributed by atoms with E-state index < -0.39 is 0 Å². The topological polar surface area (TPSA) is 47.6 Å². The highest BCUT2D eigenvalue weighted by Gasteiger charge is 2.12. The van der Waals surface area contributed by atoms with Crippen LogP contribution in [0.3, 0.4) is 0 Å². The summed E-state index contributed by atoms with van der Waals surface area (Å²) < 4.78 is 10.5. The number of nitrogens with one attached hydrogen (secondary N) is 1. The second kappa shape index (κ2) is 8.39. The van der Waals surface area contributed by atoms with Crippen molar-refractivity contribution in [2.24, 2.45) is 0 Å². The molecule has 0 aromatic heterocycles. The Kier molecular flexibility index (Phi) is 6.24. The Morgan fingerprint density at radius 1 is 1.00 bits per heavy atom. The average molecular weight is 327 g/mol. The molecule has 0 fully saturated rings. The molecule has 1 atom stereocenters. The van der Waals surface area contributed by atoms with Crippen LogP contribution in [0.5, 0.6) is 11.5 Å². The molecule has 0 aliphatic rings. The van der Waals surface area contributed by atoms with Gasteiger partial charge in [-0.15, -0.1) is 0 Å². The van der Waals surface area contributed by atoms with E-state index in [4.69, 9.17) is 9.47 Å². The van der Waals surface area contributed by atoms with E-state index in [1.165, 1.54) is 5.56 Å². The smallest absolute Gasteiger partial charge is 0.224 e. The molecule has 0 radical (unpaired) electrons. The van der Waals surface area contributed by atoms with Crippen molar-refractivity contribution in [3.8, 4) is 11.5 Å². The Hall–Kier alpha value is -2.49. The summed E-state index contributed by atoms with van der Waals surface area (Å²) in [5, 5.41) is 3.04. The van der Waals surface area contributed by atoms with Crippen molar-refractivity contribution in [2.75, 3.05) is 14.2 Å². The highest BCUT2D eigenvalue weighted by atomic mass is 16.5. The first-order valence-corrected chi connectivity index (χ1v) is 8.16. The number of amides is 1. The van der Waals surface area contributed by atoms with Gasteiger partial charge in [-0.3, -0.25) is 4.79 Å². The minimum absolute atomic E-state index is 0.0192. The number of hydrogen-bond donors (Lipinski definition) is 1. The zero-order valence-electron chi connectivity index (χ0n) is 14.8. The molecule has 2 aromatic carbocycles. The summed E-state index contributed by atoms with van der Waals surface area (Å²) in [5.74, 6) is 1.27. The minimum atomic E-state index is -0.0245. The quantitative estimate of drug-likeness (QED) is 0.844. The van der Waals surface area contributed by atoms with Gasteiger partial charge >= 0.3 is 0 Å². The normalized spacial score (nSPS) is 11.7. The van der Waals surface area contributed by atoms with Gasteiger partial charge in [-0.1, -0.05) is 37.3 Å². The van der Waals surface area contributed by atoms with Crippen molar-refractivity contribution in [1.82, 2.24) is 5.32 Å². The zero-order chi connectivity index (χ0) is 17.5. The molecule has 0 saturated carbocycles. The van der Waals surface area contributed by atoms with E-state index in [9.17, 15) is 4.79 Å². The van der Waals surface area contributed by atoms with Gasteiger partial charge in [0, 0.05) is 0 Å². The van der Waals surface area contributed by atoms with Crippen molar-refractivity contribution in [3.63, 3.8) is 0 Å². The molecule has 0 aliphatic heterocycles. The standard InChI is InChI=1S/C20H25NO3/c1-5-15-6-9-17(10-7-15)14(2)21-20(22)13-16-8-11-18(23-3)19(12-16)24-4/h6-12,14H,5,13H2,1-4H3,(H,21,22)/t14-/m0/s1. The van der Waals surface area contributed by atoms with Crippen LogP contribution < -0.4 is 14.8 Å². The molecule has 1 N–H and O–H groups in total. The maximum Gasteiger partial charge on any atom is 0.224 e. The molecule has 1 amide bonds. The third-order valence-electron chi connectivity index (χ3n) is 4.08. The van der Waals surface area contributed by atoms with Gasteiger partial charge in [-0.05, 0) is 42.2 Å². The number of carbonyl (C=O) groups is 1. The molecular formula is C20H25NO3. The first-order chi connectivity index (χ1) is 11.6. The molecule has 0 aliphatic carbocycles. The van der Waals surface area contributed by atoms with Crippen LogP contribution in [0.1, 0.15) is 36.6 Å². The van der Waals surface area contributed by atoms with Crippen molar-refractivity contribution in [3.05, 3.63) is 59.2 Å². The van der Waals surface area contributed by atoms with Gasteiger partial charge in [0.05, 0.1) is 26.7 Å². The van der Waals surface area contributed by atoms with Crippen LogP contribution in [0, 0.1) is 0 Å². The van der Waals surface area contributed by atoms with Crippen LogP contribution >= 0.6 is 0 Å². The van der Waals surface area contributed by atoms with Gasteiger partial charge in [-0.2, -0.15) is 0 Å². The van der Waals surface area contributed by atoms with E-state index >= 15 is 0 Å². The molecule has 2 rings (SSSR count). The van der Waals surface area contributed by atoms with Crippen LogP contribution in [-0.4, -0.2) is 20.1 Å². The monoisotopic (exact) mass is 327 g/mol. The first kappa shape index (κ1) is 17.9. The SMILES string of the molecule is CCc1ccc([C@H](C)NC(=O)Cc2ccc(OC)c(OC)c2)cc1. The highest BCUT2D eigenvalue weighted by molar-refractivity contribution is 5.79. The average Bonchev–Trinajstić information content (AvgIpc) is 2.61. The second-order valence-electron chi connectivity index (χ2n) is 5.75. The summed E-state index contributed by atoms with van der Waals surface area (Å²) in [4.78, 5) is 12.3. The van der Waals surface area contributed by atoms with Gasteiger partial charge in [-0.25, -0.2) is 0 Å². The maximum atomic E-state index is 12.3. The Morgan fingerprint density at radius 2 is 1.62 bits per heavy atom. The lowest BCUT2D eigenvalue weighted by Gasteiger charge is -2.15. The lowest BCUT2D eigenvalue weighted by molar-refractivity contribution is -0.121. The van der Waals surface area contributed by atoms with E-state index in [0.717, 1.165) is 17.5 Å². The number of carbonyl (C=O) groups excluding carboxylic acids is 1. The fraction of sp³-hybridized carbons (Fsp3) is 0.350. The summed E-state index contributed by atoms with van der Waals surface area (Å²) in [6.45, 7) is 4.12. The molecule has 0 unspecified atom stereocenters. The first-order valence-electron chi connectivity index (χ1n) is 8.16. The maximum absolute atomic E-state index is 12.3. The van der Waals surface area contributed by atoms with Crippen molar-refractivity contribution < 1.29 is 14.3 Å². The number of rotatable bonds is 7. The molecule has 0 heterocycles. The summed E-state index contributed by atoms with van der Waals surface area (Å²) in [6.07, 6.45) is 1.32. The van der Waals surface area contributed by atoms with Gasteiger partial charge in [0.2, 0.25) is 5.91 Å². The molecule has 4 heteroatoms. The van der Waals surface area contributed by atoms with Gasteiger partial charge in [0.15, 0.2) is 11.5 Å². The minimum Gasteiger partial charge on any atom is -0.493 e. The molecule has 0 bridgehead atoms. The van der Waals surface area contributed by atoms with E-state index in [-0.39, 0.29) is 11.9 Å². The summed E-state index contributed by atoms with van der Waals surface area (Å²) in [5.41, 5.74) is 3.29. The Balaban J connectivity index is 1.99. The third-order valence-corrected chi connectivity index (χ3v) is 4.08. The van der Waals surface area contributed by atoms with Gasteiger partial charge in [0.1, 0.15) is 0 Å². The Labute approximate surface area is 143 Å². The number of ether oxygens (including phenoxy) is 2. The summed E-state index contributed by atoms with van der Waals surface area (Å²) in [6, 6.07) is 13.8. The van der Waals surface area contributed by atoms with Crippen LogP contribution in [0.2, 0.25) is 0 Å². The van der Waals surface area contributed by atoms with E-state index in [0.29, 0.717) is 17.9 Å². The Bertz CT molecular complexity index is 680. The molecule has 2 aromatic rings. The summed E-state index contributed by atoms with van der Waals surface area (Å²) >= 11 is 0. The van der Waals surface area contributed by atoms with E-state index in [2.05, 4.69) is 36.5 Å². The third kappa shape index (κ3) is 4.51. The second-order valence-corrected chi connectivity index (χ2v) is 5.75. The number of aryl methyl sites for hydroxylation is 1. The fourth-order valence-electron chi connectivity index (χ4n) is 2.59. The molecular weight excluding hydrogens is 302 g/mol. The predicted octanol–water partition coefficient (Wildman–Crippen LogP) is 3.69. The highest BCUT2D eigenvalue weighted by Crippen LogP contribution is 2.27. The lowest BCUT2D eigenvalue weighted by atomic mass is 10.0. The van der Waals surface area contributed by atoms with Crippen molar-refractivity contribution in [1.29, 1.82) is 0 Å². The predicted molar refractivity (Wildman–Crippen MR) is 95.6 cm³/mol.